The summed E-state index contributed by atoms with van der Waals surface area (Å²) in [5, 5.41) is 0. The third kappa shape index (κ3) is 6.29. The molecule has 1 N–H and O–H groups in total. The minimum Gasteiger partial charge on any atom is -0.361 e. The monoisotopic (exact) mass is 629 g/mol. The molecule has 3 aliphatic carbocycles. The number of allylic oxidation sites excluding steroid dienone is 11. The van der Waals surface area contributed by atoms with Gasteiger partial charge >= 0.3 is 0 Å². The van der Waals surface area contributed by atoms with Crippen molar-refractivity contribution in [3.05, 3.63) is 155 Å². The van der Waals surface area contributed by atoms with Crippen LogP contribution in [0.25, 0.3) is 11.3 Å². The molecule has 5 nitrogen and oxygen atoms in total. The molecule has 3 unspecified atom stereocenters. The van der Waals surface area contributed by atoms with Crippen LogP contribution in [0.15, 0.2) is 153 Å². The van der Waals surface area contributed by atoms with Crippen molar-refractivity contribution < 1.29 is 0 Å². The number of hydrogen-bond donors (Lipinski definition) is 1. The van der Waals surface area contributed by atoms with Crippen molar-refractivity contribution in [2.75, 3.05) is 7.05 Å². The molecule has 1 aromatic heterocycles. The Morgan fingerprint density at radius 2 is 1.67 bits per heavy atom. The summed E-state index contributed by atoms with van der Waals surface area (Å²) < 4.78 is 0. The number of aromatic amines is 1. The van der Waals surface area contributed by atoms with E-state index in [1.165, 1.54) is 22.3 Å². The van der Waals surface area contributed by atoms with E-state index in [-0.39, 0.29) is 6.17 Å². The van der Waals surface area contributed by atoms with E-state index in [9.17, 15) is 0 Å². The summed E-state index contributed by atoms with van der Waals surface area (Å²) in [7, 11) is 2.20. The van der Waals surface area contributed by atoms with Gasteiger partial charge in [-0.25, -0.2) is 9.98 Å². The highest BCUT2D eigenvalue weighted by atomic mass is 15.3. The van der Waals surface area contributed by atoms with E-state index in [4.69, 9.17) is 15.0 Å². The smallest absolute Gasteiger partial charge is 0.159 e. The number of hydrogen-bond acceptors (Lipinski definition) is 4. The Hall–Kier alpha value is -5.03. The van der Waals surface area contributed by atoms with Crippen LogP contribution in [0.1, 0.15) is 68.1 Å². The molecule has 240 valence electrons. The van der Waals surface area contributed by atoms with Gasteiger partial charge in [0.25, 0.3) is 0 Å². The summed E-state index contributed by atoms with van der Waals surface area (Å²) in [5.74, 6) is 2.47. The van der Waals surface area contributed by atoms with Gasteiger partial charge in [-0.1, -0.05) is 85.0 Å². The Bertz CT molecular complexity index is 1960. The predicted molar refractivity (Wildman–Crippen MR) is 199 cm³/mol. The van der Waals surface area contributed by atoms with Gasteiger partial charge in [-0.3, -0.25) is 4.99 Å². The minimum absolute atomic E-state index is 0.0562. The molecule has 3 atom stereocenters. The Morgan fingerprint density at radius 1 is 0.812 bits per heavy atom. The van der Waals surface area contributed by atoms with Gasteiger partial charge in [0.1, 0.15) is 12.0 Å². The third-order valence-corrected chi connectivity index (χ3v) is 10.3. The molecular weight excluding hydrogens is 587 g/mol. The normalized spacial score (nSPS) is 23.9. The highest BCUT2D eigenvalue weighted by Gasteiger charge is 2.37. The van der Waals surface area contributed by atoms with Crippen LogP contribution in [-0.4, -0.2) is 40.5 Å². The molecule has 0 saturated carbocycles. The molecule has 5 aliphatic rings. The summed E-state index contributed by atoms with van der Waals surface area (Å²) in [6.07, 6.45) is 31.1. The Balaban J connectivity index is 1.21. The summed E-state index contributed by atoms with van der Waals surface area (Å²) in [4.78, 5) is 21.3. The zero-order chi connectivity index (χ0) is 32.3. The van der Waals surface area contributed by atoms with Crippen molar-refractivity contribution in [2.45, 2.75) is 57.5 Å². The molecule has 3 heterocycles. The van der Waals surface area contributed by atoms with Crippen LogP contribution in [0.3, 0.4) is 0 Å². The van der Waals surface area contributed by atoms with E-state index in [0.29, 0.717) is 11.8 Å². The number of aliphatic imine (C=N–C) groups is 3. The third-order valence-electron chi connectivity index (χ3n) is 10.3. The van der Waals surface area contributed by atoms with Gasteiger partial charge in [-0.15, -0.1) is 0 Å². The van der Waals surface area contributed by atoms with E-state index in [2.05, 4.69) is 120 Å². The molecule has 5 heteroatoms. The van der Waals surface area contributed by atoms with Crippen molar-refractivity contribution in [1.29, 1.82) is 0 Å². The van der Waals surface area contributed by atoms with E-state index in [1.54, 1.807) is 0 Å². The number of nitrogens with zero attached hydrogens (tertiary/aromatic N) is 4. The standard InChI is InChI=1S/C43H43N5/c1-48-42(35-20-11-18-33(26-35)39-21-8-9-23-44-39)46-41(34-19-10-17-32(25-34)40-22-12-24-45-40)47-43(48)38-28-36(30-13-4-2-5-14-30)27-37(29-38)31-15-6-3-7-16-31/h2,4,6,9-13,15-20,22-27,37-38,43,45H,3,5,7-8,14,21,28-29H2,1H3. The second-order valence-electron chi connectivity index (χ2n) is 13.5. The first-order valence-corrected chi connectivity index (χ1v) is 17.6. The molecule has 0 bridgehead atoms. The van der Waals surface area contributed by atoms with Crippen LogP contribution >= 0.6 is 0 Å². The van der Waals surface area contributed by atoms with Gasteiger partial charge in [0.2, 0.25) is 0 Å². The lowest BCUT2D eigenvalue weighted by Crippen LogP contribution is -2.46. The molecule has 8 rings (SSSR count). The zero-order valence-corrected chi connectivity index (χ0v) is 27.7. The maximum absolute atomic E-state index is 5.54. The van der Waals surface area contributed by atoms with Crippen molar-refractivity contribution in [1.82, 2.24) is 9.88 Å². The summed E-state index contributed by atoms with van der Waals surface area (Å²) in [5.41, 5.74) is 11.1. The second-order valence-corrected chi connectivity index (χ2v) is 13.5. The molecule has 2 aromatic carbocycles. The quantitative estimate of drug-likeness (QED) is 0.278. The average Bonchev–Trinajstić information content (AvgIpc) is 3.72. The van der Waals surface area contributed by atoms with E-state index in [1.807, 2.05) is 18.5 Å². The van der Waals surface area contributed by atoms with Crippen LogP contribution in [0.2, 0.25) is 0 Å². The summed E-state index contributed by atoms with van der Waals surface area (Å²) in [6.45, 7) is 0. The van der Waals surface area contributed by atoms with Crippen LogP contribution in [0.5, 0.6) is 0 Å². The predicted octanol–water partition coefficient (Wildman–Crippen LogP) is 9.75. The molecule has 0 saturated heterocycles. The average molecular weight is 630 g/mol. The van der Waals surface area contributed by atoms with Gasteiger partial charge in [0.15, 0.2) is 5.84 Å². The first-order chi connectivity index (χ1) is 23.7. The molecule has 0 spiro atoms. The fourth-order valence-electron chi connectivity index (χ4n) is 7.82. The fourth-order valence-corrected chi connectivity index (χ4v) is 7.82. The van der Waals surface area contributed by atoms with Crippen LogP contribution in [0.4, 0.5) is 0 Å². The molecule has 3 aromatic rings. The maximum atomic E-state index is 5.54. The van der Waals surface area contributed by atoms with E-state index in [0.717, 1.165) is 91.1 Å². The van der Waals surface area contributed by atoms with Crippen molar-refractivity contribution in [2.24, 2.45) is 26.8 Å². The Labute approximate surface area is 284 Å². The number of nitrogens with one attached hydrogen (secondary N) is 1. The van der Waals surface area contributed by atoms with Gasteiger partial charge in [0.05, 0.1) is 0 Å². The molecular formula is C43H43N5. The fraction of sp³-hybridized carbons (Fsp3) is 0.279. The second kappa shape index (κ2) is 13.6. The van der Waals surface area contributed by atoms with Crippen LogP contribution in [0, 0.1) is 11.8 Å². The van der Waals surface area contributed by atoms with Crippen molar-refractivity contribution in [3.8, 4) is 11.3 Å². The van der Waals surface area contributed by atoms with Gasteiger partial charge in [-0.05, 0) is 103 Å². The largest absolute Gasteiger partial charge is 0.361 e. The maximum Gasteiger partial charge on any atom is 0.159 e. The first kappa shape index (κ1) is 30.3. The number of H-pyrrole nitrogens is 1. The Morgan fingerprint density at radius 3 is 2.46 bits per heavy atom. The van der Waals surface area contributed by atoms with Crippen LogP contribution < -0.4 is 0 Å². The lowest BCUT2D eigenvalue weighted by molar-refractivity contribution is 0.231. The van der Waals surface area contributed by atoms with Crippen molar-refractivity contribution >= 4 is 17.4 Å². The van der Waals surface area contributed by atoms with E-state index >= 15 is 0 Å². The molecule has 48 heavy (non-hydrogen) atoms. The Kier molecular flexibility index (Phi) is 8.59. The van der Waals surface area contributed by atoms with Crippen LogP contribution in [-0.2, 0) is 0 Å². The van der Waals surface area contributed by atoms with Crippen molar-refractivity contribution in [3.63, 3.8) is 0 Å². The van der Waals surface area contributed by atoms with Gasteiger partial charge in [0, 0.05) is 53.8 Å². The minimum atomic E-state index is -0.0562. The topological polar surface area (TPSA) is 56.1 Å². The SMILES string of the molecule is CN1C(c2cccc(C3=NC=CCC3)c2)=NC(c2cccc(-c3ccc[nH]3)c2)=NC1C1CC(C2=CC=CCC2)=CC(C2=CCCC=C2)C1. The molecule has 0 radical (unpaired) electrons. The molecule has 2 aliphatic heterocycles. The highest BCUT2D eigenvalue weighted by molar-refractivity contribution is 6.14. The summed E-state index contributed by atoms with van der Waals surface area (Å²) >= 11 is 0. The number of benzene rings is 2. The summed E-state index contributed by atoms with van der Waals surface area (Å²) in [6, 6.07) is 21.6. The number of rotatable bonds is 7. The first-order valence-electron chi connectivity index (χ1n) is 17.6. The van der Waals surface area contributed by atoms with E-state index < -0.39 is 0 Å². The number of amidine groups is 2. The molecule has 0 amide bonds. The lowest BCUT2D eigenvalue weighted by atomic mass is 9.74. The molecule has 0 fully saturated rings. The van der Waals surface area contributed by atoms with Gasteiger partial charge in [-0.2, -0.15) is 0 Å². The zero-order valence-electron chi connectivity index (χ0n) is 27.7. The number of aromatic nitrogens is 1. The lowest BCUT2D eigenvalue weighted by Gasteiger charge is -2.41. The van der Waals surface area contributed by atoms with Gasteiger partial charge < -0.3 is 9.88 Å². The highest BCUT2D eigenvalue weighted by Crippen LogP contribution is 2.42.